The molecule has 2 unspecified atom stereocenters. The summed E-state index contributed by atoms with van der Waals surface area (Å²) in [5.41, 5.74) is 2.76. The summed E-state index contributed by atoms with van der Waals surface area (Å²) in [4.78, 5) is 0. The zero-order chi connectivity index (χ0) is 20.5. The quantitative estimate of drug-likeness (QED) is 0.275. The van der Waals surface area contributed by atoms with E-state index in [4.69, 9.17) is 4.52 Å². The molecular formula is C23H41O2P3. The molecule has 0 aromatic heterocycles. The molecule has 1 saturated carbocycles. The van der Waals surface area contributed by atoms with Crippen LogP contribution >= 0.6 is 25.4 Å². The third-order valence-electron chi connectivity index (χ3n) is 6.57. The minimum Gasteiger partial charge on any atom is -0.396 e. The Hall–Kier alpha value is 0.430. The highest BCUT2D eigenvalue weighted by atomic mass is 32.4. The molecule has 1 aliphatic rings. The molecule has 1 aromatic carbocycles. The normalized spacial score (nSPS) is 26.1. The molecule has 0 bridgehead atoms. The lowest BCUT2D eigenvalue weighted by molar-refractivity contribution is 0.155. The molecule has 1 N–H and O–H groups in total. The van der Waals surface area contributed by atoms with Gasteiger partial charge in [-0.3, -0.25) is 0 Å². The van der Waals surface area contributed by atoms with E-state index >= 15 is 0 Å². The fourth-order valence-electron chi connectivity index (χ4n) is 5.16. The van der Waals surface area contributed by atoms with E-state index in [2.05, 4.69) is 62.9 Å². The molecule has 2 rings (SSSR count). The van der Waals surface area contributed by atoms with E-state index in [1.807, 2.05) is 0 Å². The second-order valence-electron chi connectivity index (χ2n) is 8.84. The summed E-state index contributed by atoms with van der Waals surface area (Å²) in [6.45, 7) is 7.16. The van der Waals surface area contributed by atoms with Gasteiger partial charge < -0.3 is 9.63 Å². The Bertz CT molecular complexity index is 567. The van der Waals surface area contributed by atoms with Gasteiger partial charge >= 0.3 is 0 Å². The van der Waals surface area contributed by atoms with E-state index in [0.717, 1.165) is 12.8 Å². The minimum absolute atomic E-state index is 0.330. The Morgan fingerprint density at radius 1 is 1.21 bits per heavy atom. The SMILES string of the molecule is CCCCC[C@@H](CC[C@@H]1[C@@H](Cc2cccc(C)c2)[C@@H](CO)C[C@H]1C)OP(P)P. The molecule has 1 aromatic rings. The van der Waals surface area contributed by atoms with Crippen molar-refractivity contribution in [3.05, 3.63) is 35.4 Å². The number of rotatable bonds is 12. The molecule has 1 fully saturated rings. The lowest BCUT2D eigenvalue weighted by Crippen LogP contribution is -2.23. The molecule has 0 saturated heterocycles. The first-order valence-electron chi connectivity index (χ1n) is 11.1. The summed E-state index contributed by atoms with van der Waals surface area (Å²) in [6.07, 6.45) is 10.0. The average Bonchev–Trinajstić information content (AvgIpc) is 2.94. The maximum Gasteiger partial charge on any atom is 0.0643 e. The highest BCUT2D eigenvalue weighted by Crippen LogP contribution is 2.55. The summed E-state index contributed by atoms with van der Waals surface area (Å²) in [6, 6.07) is 8.92. The predicted octanol–water partition coefficient (Wildman–Crippen LogP) is 7.14. The van der Waals surface area contributed by atoms with Gasteiger partial charge in [-0.05, 0) is 68.3 Å². The summed E-state index contributed by atoms with van der Waals surface area (Å²) in [5, 5.41) is 10.0. The van der Waals surface area contributed by atoms with Crippen molar-refractivity contribution < 1.29 is 9.63 Å². The van der Waals surface area contributed by atoms with Crippen LogP contribution in [0.2, 0.25) is 0 Å². The first kappa shape index (κ1) is 24.7. The highest BCUT2D eigenvalue weighted by Gasteiger charge is 2.40. The molecule has 7 atom stereocenters. The van der Waals surface area contributed by atoms with Gasteiger partial charge in [0.25, 0.3) is 0 Å². The molecule has 0 radical (unpaired) electrons. The van der Waals surface area contributed by atoms with Gasteiger partial charge in [0.15, 0.2) is 0 Å². The summed E-state index contributed by atoms with van der Waals surface area (Å²) in [5.74, 6) is 2.42. The molecule has 160 valence electrons. The zero-order valence-electron chi connectivity index (χ0n) is 18.0. The van der Waals surface area contributed by atoms with Gasteiger partial charge in [0.05, 0.1) is 13.6 Å². The number of aryl methyl sites for hydroxylation is 1. The van der Waals surface area contributed by atoms with Crippen LogP contribution in [0.4, 0.5) is 0 Å². The van der Waals surface area contributed by atoms with Crippen LogP contribution in [0.25, 0.3) is 0 Å². The van der Waals surface area contributed by atoms with E-state index < -0.39 is 7.53 Å². The standard InChI is InChI=1S/C23H41O2P3/c1-4-5-6-10-21(25-28(26)27)11-12-22-18(3)14-20(16-24)23(22)15-19-9-7-8-17(2)13-19/h7-9,13,18,20-24H,4-6,10-12,14-16,26-27H2,1-3H3/t18-,20-,21+,22+,23+/m1/s1. The third-order valence-corrected chi connectivity index (χ3v) is 7.84. The smallest absolute Gasteiger partial charge is 0.0643 e. The maximum atomic E-state index is 10.0. The zero-order valence-corrected chi connectivity index (χ0v) is 21.2. The second-order valence-corrected chi connectivity index (χ2v) is 14.6. The van der Waals surface area contributed by atoms with Crippen molar-refractivity contribution in [2.75, 3.05) is 6.61 Å². The fourth-order valence-corrected chi connectivity index (χ4v) is 6.75. The van der Waals surface area contributed by atoms with Crippen molar-refractivity contribution in [1.82, 2.24) is 0 Å². The van der Waals surface area contributed by atoms with Gasteiger partial charge in [-0.15, -0.1) is 0 Å². The maximum absolute atomic E-state index is 10.0. The van der Waals surface area contributed by atoms with Crippen LogP contribution in [0.15, 0.2) is 24.3 Å². The van der Waals surface area contributed by atoms with Crippen LogP contribution < -0.4 is 0 Å². The summed E-state index contributed by atoms with van der Waals surface area (Å²) >= 11 is 0. The summed E-state index contributed by atoms with van der Waals surface area (Å²) < 4.78 is 6.26. The van der Waals surface area contributed by atoms with Gasteiger partial charge in [-0.1, -0.05) is 80.8 Å². The lowest BCUT2D eigenvalue weighted by atomic mass is 9.79. The average molecular weight is 443 g/mol. The molecule has 5 heteroatoms. The van der Waals surface area contributed by atoms with E-state index in [0.29, 0.717) is 36.4 Å². The molecule has 0 heterocycles. The largest absolute Gasteiger partial charge is 0.396 e. The van der Waals surface area contributed by atoms with Crippen LogP contribution in [-0.4, -0.2) is 17.8 Å². The first-order chi connectivity index (χ1) is 13.4. The number of hydrogen-bond donors (Lipinski definition) is 1. The van der Waals surface area contributed by atoms with Crippen LogP contribution in [0, 0.1) is 30.6 Å². The first-order valence-corrected chi connectivity index (χ1v) is 15.6. The molecule has 2 nitrogen and oxygen atoms in total. The van der Waals surface area contributed by atoms with E-state index in [1.54, 1.807) is 0 Å². The van der Waals surface area contributed by atoms with Crippen molar-refractivity contribution in [2.24, 2.45) is 23.7 Å². The number of aliphatic hydroxyl groups excluding tert-OH is 1. The molecule has 0 aliphatic heterocycles. The van der Waals surface area contributed by atoms with Gasteiger partial charge in [-0.25, -0.2) is 0 Å². The van der Waals surface area contributed by atoms with E-state index in [-0.39, 0.29) is 0 Å². The van der Waals surface area contributed by atoms with Crippen molar-refractivity contribution in [1.29, 1.82) is 0 Å². The predicted molar refractivity (Wildman–Crippen MR) is 131 cm³/mol. The Kier molecular flexibility index (Phi) is 11.4. The molecule has 1 aliphatic carbocycles. The molecular weight excluding hydrogens is 401 g/mol. The molecule has 0 amide bonds. The monoisotopic (exact) mass is 442 g/mol. The van der Waals surface area contributed by atoms with Crippen molar-refractivity contribution in [3.63, 3.8) is 0 Å². The summed E-state index contributed by atoms with van der Waals surface area (Å²) in [7, 11) is 5.17. The van der Waals surface area contributed by atoms with Gasteiger partial charge in [0.1, 0.15) is 0 Å². The second kappa shape index (κ2) is 13.0. The van der Waals surface area contributed by atoms with Crippen molar-refractivity contribution >= 4 is 25.4 Å². The number of hydrogen-bond acceptors (Lipinski definition) is 2. The Labute approximate surface area is 179 Å². The minimum atomic E-state index is -0.469. The van der Waals surface area contributed by atoms with Gasteiger partial charge in [0, 0.05) is 6.61 Å². The van der Waals surface area contributed by atoms with Crippen LogP contribution in [0.1, 0.15) is 69.9 Å². The Balaban J connectivity index is 2.02. The van der Waals surface area contributed by atoms with Crippen LogP contribution in [0.5, 0.6) is 0 Å². The van der Waals surface area contributed by atoms with Crippen LogP contribution in [-0.2, 0) is 10.9 Å². The fraction of sp³-hybridized carbons (Fsp3) is 0.739. The molecule has 0 spiro atoms. The van der Waals surface area contributed by atoms with E-state index in [9.17, 15) is 5.11 Å². The van der Waals surface area contributed by atoms with Crippen molar-refractivity contribution in [2.45, 2.75) is 78.2 Å². The Morgan fingerprint density at radius 3 is 2.64 bits per heavy atom. The third kappa shape index (κ3) is 7.93. The lowest BCUT2D eigenvalue weighted by Gasteiger charge is -2.28. The topological polar surface area (TPSA) is 29.5 Å². The van der Waals surface area contributed by atoms with Gasteiger partial charge in [0.2, 0.25) is 0 Å². The van der Waals surface area contributed by atoms with Crippen molar-refractivity contribution in [3.8, 4) is 0 Å². The number of unbranched alkanes of at least 4 members (excludes halogenated alkanes) is 2. The number of benzene rings is 1. The van der Waals surface area contributed by atoms with Crippen LogP contribution in [0.3, 0.4) is 0 Å². The van der Waals surface area contributed by atoms with Gasteiger partial charge in [-0.2, -0.15) is 0 Å². The highest BCUT2D eigenvalue weighted by molar-refractivity contribution is 8.41. The Morgan fingerprint density at radius 2 is 2.00 bits per heavy atom. The van der Waals surface area contributed by atoms with E-state index in [1.165, 1.54) is 49.7 Å². The number of aliphatic hydroxyl groups is 1. The molecule has 28 heavy (non-hydrogen) atoms.